The van der Waals surface area contributed by atoms with Gasteiger partial charge in [0.2, 0.25) is 10.0 Å². The maximum absolute atomic E-state index is 11.9. The highest BCUT2D eigenvalue weighted by molar-refractivity contribution is 7.91. The lowest BCUT2D eigenvalue weighted by molar-refractivity contribution is 0.494. The van der Waals surface area contributed by atoms with Gasteiger partial charge < -0.3 is 0 Å². The molecule has 0 fully saturated rings. The second-order valence-corrected chi connectivity index (χ2v) is 8.53. The van der Waals surface area contributed by atoms with Gasteiger partial charge in [-0.15, -0.1) is 0 Å². The maximum atomic E-state index is 11.9. The Labute approximate surface area is 123 Å². The average Bonchev–Trinajstić information content (AvgIpc) is 2.15. The molecule has 0 amide bonds. The first kappa shape index (κ1) is 17.2. The first-order valence-electron chi connectivity index (χ1n) is 5.44. The van der Waals surface area contributed by atoms with Gasteiger partial charge in [0.05, 0.1) is 15.6 Å². The molecule has 7 nitrogen and oxygen atoms in total. The van der Waals surface area contributed by atoms with Crippen LogP contribution in [0.5, 0.6) is 0 Å². The van der Waals surface area contributed by atoms with Crippen molar-refractivity contribution in [3.63, 3.8) is 0 Å². The van der Waals surface area contributed by atoms with E-state index in [9.17, 15) is 16.8 Å². The summed E-state index contributed by atoms with van der Waals surface area (Å²) >= 11 is 5.83. The van der Waals surface area contributed by atoms with Crippen molar-refractivity contribution in [2.24, 2.45) is 5.14 Å². The molecule has 0 aliphatic carbocycles. The molecule has 0 aliphatic rings. The molecule has 4 N–H and O–H groups in total. The Morgan fingerprint density at radius 1 is 1.15 bits per heavy atom. The van der Waals surface area contributed by atoms with Gasteiger partial charge in [-0.05, 0) is 39.0 Å². The van der Waals surface area contributed by atoms with Crippen LogP contribution in [0.4, 0.5) is 5.69 Å². The van der Waals surface area contributed by atoms with Gasteiger partial charge in [0.25, 0.3) is 10.2 Å². The SMILES string of the molecule is CC(C)(C)NS(=O)(=O)Nc1cc(S(N)(=O)=O)ccc1Cl. The second-order valence-electron chi connectivity index (χ2n) is 5.14. The molecule has 0 spiro atoms. The van der Waals surface area contributed by atoms with E-state index >= 15 is 0 Å². The predicted octanol–water partition coefficient (Wildman–Crippen LogP) is 1.03. The summed E-state index contributed by atoms with van der Waals surface area (Å²) in [5.74, 6) is 0. The fraction of sp³-hybridized carbons (Fsp3) is 0.400. The van der Waals surface area contributed by atoms with Crippen LogP contribution in [0.1, 0.15) is 20.8 Å². The highest BCUT2D eigenvalue weighted by Crippen LogP contribution is 2.25. The molecule has 10 heteroatoms. The molecule has 1 aromatic rings. The van der Waals surface area contributed by atoms with Gasteiger partial charge in [0.1, 0.15) is 0 Å². The maximum Gasteiger partial charge on any atom is 0.299 e. The minimum atomic E-state index is -3.95. The van der Waals surface area contributed by atoms with Crippen molar-refractivity contribution >= 4 is 37.5 Å². The average molecular weight is 342 g/mol. The summed E-state index contributed by atoms with van der Waals surface area (Å²) in [5.41, 5.74) is -0.773. The summed E-state index contributed by atoms with van der Waals surface area (Å²) in [6, 6.07) is 3.49. The van der Waals surface area contributed by atoms with Gasteiger partial charge in [0, 0.05) is 5.54 Å². The van der Waals surface area contributed by atoms with Crippen LogP contribution in [0, 0.1) is 0 Å². The Morgan fingerprint density at radius 2 is 1.70 bits per heavy atom. The molecule has 1 aromatic carbocycles. The fourth-order valence-corrected chi connectivity index (χ4v) is 3.41. The monoisotopic (exact) mass is 341 g/mol. The number of rotatable bonds is 4. The van der Waals surface area contributed by atoms with Gasteiger partial charge in [-0.1, -0.05) is 11.6 Å². The van der Waals surface area contributed by atoms with Crippen LogP contribution in [0.15, 0.2) is 23.1 Å². The van der Waals surface area contributed by atoms with Crippen LogP contribution in [0.2, 0.25) is 5.02 Å². The molecule has 0 aromatic heterocycles. The summed E-state index contributed by atoms with van der Waals surface area (Å²) in [5, 5.41) is 5.03. The molecule has 0 saturated heterocycles. The summed E-state index contributed by atoms with van der Waals surface area (Å²) < 4.78 is 50.7. The summed E-state index contributed by atoms with van der Waals surface area (Å²) in [6.07, 6.45) is 0. The number of hydrogen-bond acceptors (Lipinski definition) is 4. The van der Waals surface area contributed by atoms with Gasteiger partial charge in [-0.3, -0.25) is 4.72 Å². The van der Waals surface area contributed by atoms with Crippen molar-refractivity contribution in [1.29, 1.82) is 0 Å². The molecule has 0 atom stereocenters. The van der Waals surface area contributed by atoms with E-state index in [-0.39, 0.29) is 15.6 Å². The molecular weight excluding hydrogens is 326 g/mol. The number of primary sulfonamides is 1. The first-order chi connectivity index (χ1) is 8.80. The third kappa shape index (κ3) is 5.25. The van der Waals surface area contributed by atoms with Crippen molar-refractivity contribution in [1.82, 2.24) is 4.72 Å². The summed E-state index contributed by atoms with van der Waals surface area (Å²) in [6.45, 7) is 4.98. The van der Waals surface area contributed by atoms with Crippen LogP contribution >= 0.6 is 11.6 Å². The van der Waals surface area contributed by atoms with E-state index in [2.05, 4.69) is 9.44 Å². The van der Waals surface area contributed by atoms with Crippen molar-refractivity contribution in [2.75, 3.05) is 4.72 Å². The normalized spacial score (nSPS) is 13.2. The molecule has 0 bridgehead atoms. The Morgan fingerprint density at radius 3 is 2.15 bits per heavy atom. The van der Waals surface area contributed by atoms with Crippen molar-refractivity contribution < 1.29 is 16.8 Å². The Kier molecular flexibility index (Phi) is 4.72. The van der Waals surface area contributed by atoms with E-state index in [1.165, 1.54) is 12.1 Å². The molecule has 20 heavy (non-hydrogen) atoms. The topological polar surface area (TPSA) is 118 Å². The van der Waals surface area contributed by atoms with E-state index in [0.29, 0.717) is 0 Å². The zero-order valence-corrected chi connectivity index (χ0v) is 13.5. The van der Waals surface area contributed by atoms with Crippen LogP contribution in [0.25, 0.3) is 0 Å². The largest absolute Gasteiger partial charge is 0.299 e. The lowest BCUT2D eigenvalue weighted by Crippen LogP contribution is -2.43. The molecule has 0 aliphatic heterocycles. The van der Waals surface area contributed by atoms with Crippen molar-refractivity contribution in [2.45, 2.75) is 31.2 Å². The standard InChI is InChI=1S/C10H16ClN3O4S2/c1-10(2,3)14-20(17,18)13-9-6-7(19(12,15)16)4-5-8(9)11/h4-6,13-14H,1-3H3,(H2,12,15,16). The van der Waals surface area contributed by atoms with Gasteiger partial charge in [0.15, 0.2) is 0 Å². The Balaban J connectivity index is 3.16. The zero-order chi connectivity index (χ0) is 15.8. The molecular formula is C10H16ClN3O4S2. The molecule has 0 unspecified atom stereocenters. The summed E-state index contributed by atoms with van der Waals surface area (Å²) in [7, 11) is -7.84. The minimum absolute atomic E-state index is 0.0525. The quantitative estimate of drug-likeness (QED) is 0.757. The highest BCUT2D eigenvalue weighted by atomic mass is 35.5. The minimum Gasteiger partial charge on any atom is -0.270 e. The van der Waals surface area contributed by atoms with Crippen LogP contribution < -0.4 is 14.6 Å². The number of nitrogens with two attached hydrogens (primary N) is 1. The number of anilines is 1. The van der Waals surface area contributed by atoms with Gasteiger partial charge in [-0.2, -0.15) is 13.1 Å². The fourth-order valence-electron chi connectivity index (χ4n) is 1.33. The van der Waals surface area contributed by atoms with Gasteiger partial charge >= 0.3 is 0 Å². The van der Waals surface area contributed by atoms with Crippen molar-refractivity contribution in [3.8, 4) is 0 Å². The highest BCUT2D eigenvalue weighted by Gasteiger charge is 2.21. The summed E-state index contributed by atoms with van der Waals surface area (Å²) in [4.78, 5) is -0.240. The molecule has 0 heterocycles. The van der Waals surface area contributed by atoms with Crippen LogP contribution in [-0.2, 0) is 20.2 Å². The Hall–Kier alpha value is -0.870. The number of benzene rings is 1. The van der Waals surface area contributed by atoms with Crippen LogP contribution in [0.3, 0.4) is 0 Å². The van der Waals surface area contributed by atoms with Gasteiger partial charge in [-0.25, -0.2) is 13.6 Å². The van der Waals surface area contributed by atoms with E-state index < -0.39 is 25.8 Å². The zero-order valence-electron chi connectivity index (χ0n) is 11.1. The molecule has 1 rings (SSSR count). The van der Waals surface area contributed by atoms with E-state index in [1.54, 1.807) is 20.8 Å². The number of sulfonamides is 1. The third-order valence-corrected chi connectivity index (χ3v) is 4.56. The molecule has 114 valence electrons. The number of hydrogen-bond donors (Lipinski definition) is 3. The van der Waals surface area contributed by atoms with E-state index in [4.69, 9.17) is 16.7 Å². The predicted molar refractivity (Wildman–Crippen MR) is 78.3 cm³/mol. The van der Waals surface area contributed by atoms with E-state index in [0.717, 1.165) is 6.07 Å². The third-order valence-electron chi connectivity index (χ3n) is 1.95. The Bertz CT molecular complexity index is 709. The smallest absolute Gasteiger partial charge is 0.270 e. The lowest BCUT2D eigenvalue weighted by Gasteiger charge is -2.21. The lowest BCUT2D eigenvalue weighted by atomic mass is 10.1. The first-order valence-corrected chi connectivity index (χ1v) is 8.85. The van der Waals surface area contributed by atoms with Crippen molar-refractivity contribution in [3.05, 3.63) is 23.2 Å². The molecule has 0 radical (unpaired) electrons. The van der Waals surface area contributed by atoms with E-state index in [1.807, 2.05) is 0 Å². The second kappa shape index (κ2) is 5.49. The number of nitrogens with one attached hydrogen (secondary N) is 2. The van der Waals surface area contributed by atoms with Crippen LogP contribution in [-0.4, -0.2) is 22.4 Å². The number of halogens is 1. The molecule has 0 saturated carbocycles.